The molecule has 1 fully saturated rings. The van der Waals surface area contributed by atoms with Gasteiger partial charge in [0.1, 0.15) is 0 Å². The van der Waals surface area contributed by atoms with Crippen LogP contribution in [0.4, 0.5) is 0 Å². The van der Waals surface area contributed by atoms with E-state index in [1.807, 2.05) is 0 Å². The van der Waals surface area contributed by atoms with Gasteiger partial charge in [0.2, 0.25) is 0 Å². The van der Waals surface area contributed by atoms with Crippen LogP contribution in [0.3, 0.4) is 0 Å². The average Bonchev–Trinajstić information content (AvgIpc) is 3.08. The zero-order valence-corrected chi connectivity index (χ0v) is 13.8. The summed E-state index contributed by atoms with van der Waals surface area (Å²) in [4.78, 5) is 4.85. The topological polar surface area (TPSA) is 44.5 Å². The van der Waals surface area contributed by atoms with Crippen molar-refractivity contribution in [3.8, 4) is 0 Å². The Morgan fingerprint density at radius 2 is 2.14 bits per heavy atom. The standard InChI is InChI=1S/C16H30N4O/c1-14(2)11-17-12-15-10-16(21-18-15)13-19(3)8-9-20-6-4-5-7-20/h10,14,17H,4-9,11-13H2,1-3H3. The second-order valence-corrected chi connectivity index (χ2v) is 6.60. The highest BCUT2D eigenvalue weighted by molar-refractivity contribution is 5.05. The Hall–Kier alpha value is -0.910. The maximum absolute atomic E-state index is 5.42. The minimum atomic E-state index is 0.660. The van der Waals surface area contributed by atoms with Crippen molar-refractivity contribution in [1.29, 1.82) is 0 Å². The Balaban J connectivity index is 1.66. The smallest absolute Gasteiger partial charge is 0.151 e. The molecule has 1 saturated heterocycles. The summed E-state index contributed by atoms with van der Waals surface area (Å²) in [6.07, 6.45) is 2.72. The lowest BCUT2D eigenvalue weighted by molar-refractivity contribution is 0.230. The van der Waals surface area contributed by atoms with Crippen LogP contribution in [0.15, 0.2) is 10.6 Å². The minimum absolute atomic E-state index is 0.660. The zero-order chi connectivity index (χ0) is 15.1. The van der Waals surface area contributed by atoms with E-state index in [4.69, 9.17) is 4.52 Å². The molecule has 1 aliphatic rings. The molecule has 0 aromatic carbocycles. The molecular formula is C16H30N4O. The number of nitrogens with zero attached hydrogens (tertiary/aromatic N) is 3. The first-order chi connectivity index (χ1) is 10.1. The van der Waals surface area contributed by atoms with Gasteiger partial charge in [-0.25, -0.2) is 0 Å². The van der Waals surface area contributed by atoms with Crippen molar-refractivity contribution in [2.75, 3.05) is 39.8 Å². The molecule has 21 heavy (non-hydrogen) atoms. The number of nitrogens with one attached hydrogen (secondary N) is 1. The van der Waals surface area contributed by atoms with Crippen molar-refractivity contribution in [2.45, 2.75) is 39.8 Å². The van der Waals surface area contributed by atoms with E-state index < -0.39 is 0 Å². The van der Waals surface area contributed by atoms with Gasteiger partial charge in [-0.2, -0.15) is 0 Å². The lowest BCUT2D eigenvalue weighted by atomic mass is 10.2. The van der Waals surface area contributed by atoms with Crippen molar-refractivity contribution < 1.29 is 4.52 Å². The molecular weight excluding hydrogens is 264 g/mol. The van der Waals surface area contributed by atoms with Gasteiger partial charge in [-0.3, -0.25) is 4.90 Å². The summed E-state index contributed by atoms with van der Waals surface area (Å²) in [5.74, 6) is 1.62. The van der Waals surface area contributed by atoms with Crippen molar-refractivity contribution in [3.63, 3.8) is 0 Å². The van der Waals surface area contributed by atoms with Gasteiger partial charge in [-0.05, 0) is 45.4 Å². The van der Waals surface area contributed by atoms with Crippen LogP contribution in [0, 0.1) is 5.92 Å². The molecule has 0 bridgehead atoms. The molecule has 1 aromatic heterocycles. The van der Waals surface area contributed by atoms with Crippen molar-refractivity contribution in [3.05, 3.63) is 17.5 Å². The first-order valence-electron chi connectivity index (χ1n) is 8.19. The molecule has 2 heterocycles. The van der Waals surface area contributed by atoms with Gasteiger partial charge in [0.05, 0.1) is 12.2 Å². The number of hydrogen-bond donors (Lipinski definition) is 1. The molecule has 0 radical (unpaired) electrons. The summed E-state index contributed by atoms with van der Waals surface area (Å²) >= 11 is 0. The molecule has 0 atom stereocenters. The van der Waals surface area contributed by atoms with Gasteiger partial charge in [0.15, 0.2) is 5.76 Å². The maximum Gasteiger partial charge on any atom is 0.151 e. The van der Waals surface area contributed by atoms with Crippen LogP contribution in [0.25, 0.3) is 0 Å². The van der Waals surface area contributed by atoms with Gasteiger partial charge in [-0.15, -0.1) is 0 Å². The Morgan fingerprint density at radius 3 is 2.86 bits per heavy atom. The molecule has 1 N–H and O–H groups in total. The minimum Gasteiger partial charge on any atom is -0.360 e. The summed E-state index contributed by atoms with van der Waals surface area (Å²) in [6.45, 7) is 11.8. The van der Waals surface area contributed by atoms with Crippen molar-refractivity contribution >= 4 is 0 Å². The van der Waals surface area contributed by atoms with E-state index >= 15 is 0 Å². The summed E-state index contributed by atoms with van der Waals surface area (Å²) in [7, 11) is 2.15. The third-order valence-corrected chi connectivity index (χ3v) is 3.89. The second-order valence-electron chi connectivity index (χ2n) is 6.60. The largest absolute Gasteiger partial charge is 0.360 e. The molecule has 120 valence electrons. The van der Waals surface area contributed by atoms with Crippen molar-refractivity contribution in [2.24, 2.45) is 5.92 Å². The van der Waals surface area contributed by atoms with Crippen LogP contribution in [0.1, 0.15) is 38.1 Å². The van der Waals surface area contributed by atoms with E-state index in [1.54, 1.807) is 0 Å². The molecule has 1 aromatic rings. The van der Waals surface area contributed by atoms with E-state index in [9.17, 15) is 0 Å². The molecule has 0 saturated carbocycles. The van der Waals surface area contributed by atoms with E-state index in [0.29, 0.717) is 5.92 Å². The van der Waals surface area contributed by atoms with Crippen LogP contribution in [-0.2, 0) is 13.1 Å². The van der Waals surface area contributed by atoms with Crippen LogP contribution in [-0.4, -0.2) is 54.7 Å². The highest BCUT2D eigenvalue weighted by atomic mass is 16.5. The Bertz CT molecular complexity index is 399. The molecule has 0 unspecified atom stereocenters. The first kappa shape index (κ1) is 16.5. The van der Waals surface area contributed by atoms with Crippen LogP contribution < -0.4 is 5.32 Å². The fourth-order valence-corrected chi connectivity index (χ4v) is 2.67. The van der Waals surface area contributed by atoms with Gasteiger partial charge < -0.3 is 14.7 Å². The van der Waals surface area contributed by atoms with E-state index in [2.05, 4.69) is 47.2 Å². The van der Waals surface area contributed by atoms with E-state index in [-0.39, 0.29) is 0 Å². The lowest BCUT2D eigenvalue weighted by Gasteiger charge is -2.20. The monoisotopic (exact) mass is 294 g/mol. The number of rotatable bonds is 9. The van der Waals surface area contributed by atoms with E-state index in [1.165, 1.54) is 25.9 Å². The van der Waals surface area contributed by atoms with Gasteiger partial charge in [0, 0.05) is 25.7 Å². The Morgan fingerprint density at radius 1 is 1.38 bits per heavy atom. The summed E-state index contributed by atoms with van der Waals surface area (Å²) in [5, 5.41) is 7.52. The molecule has 5 nitrogen and oxygen atoms in total. The molecule has 2 rings (SSSR count). The number of likely N-dealkylation sites (N-methyl/N-ethyl adjacent to an activating group) is 1. The highest BCUT2D eigenvalue weighted by Gasteiger charge is 2.13. The Kier molecular flexibility index (Phi) is 6.67. The number of hydrogen-bond acceptors (Lipinski definition) is 5. The quantitative estimate of drug-likeness (QED) is 0.754. The predicted octanol–water partition coefficient (Wildman–Crippen LogP) is 1.95. The van der Waals surface area contributed by atoms with Gasteiger partial charge in [-0.1, -0.05) is 19.0 Å². The molecule has 5 heteroatoms. The molecule has 0 amide bonds. The van der Waals surface area contributed by atoms with Crippen molar-refractivity contribution in [1.82, 2.24) is 20.3 Å². The molecule has 1 aliphatic heterocycles. The Labute approximate surface area is 128 Å². The third kappa shape index (κ3) is 6.16. The molecule has 0 spiro atoms. The van der Waals surface area contributed by atoms with Gasteiger partial charge >= 0.3 is 0 Å². The number of likely N-dealkylation sites (tertiary alicyclic amines) is 1. The zero-order valence-electron chi connectivity index (χ0n) is 13.8. The predicted molar refractivity (Wildman–Crippen MR) is 85.1 cm³/mol. The molecule has 0 aliphatic carbocycles. The number of aromatic nitrogens is 1. The van der Waals surface area contributed by atoms with Crippen LogP contribution in [0.5, 0.6) is 0 Å². The lowest BCUT2D eigenvalue weighted by Crippen LogP contribution is -2.31. The summed E-state index contributed by atoms with van der Waals surface area (Å²) in [6, 6.07) is 2.07. The average molecular weight is 294 g/mol. The highest BCUT2D eigenvalue weighted by Crippen LogP contribution is 2.09. The third-order valence-electron chi connectivity index (χ3n) is 3.89. The SMILES string of the molecule is CC(C)CNCc1cc(CN(C)CCN2CCCC2)on1. The fraction of sp³-hybridized carbons (Fsp3) is 0.812. The van der Waals surface area contributed by atoms with Crippen LogP contribution in [0.2, 0.25) is 0 Å². The second kappa shape index (κ2) is 8.51. The van der Waals surface area contributed by atoms with Crippen LogP contribution >= 0.6 is 0 Å². The maximum atomic E-state index is 5.42. The fourth-order valence-electron chi connectivity index (χ4n) is 2.67. The summed E-state index contributed by atoms with van der Waals surface area (Å²) < 4.78 is 5.42. The normalized spacial score (nSPS) is 16.4. The first-order valence-corrected chi connectivity index (χ1v) is 8.19. The van der Waals surface area contributed by atoms with Gasteiger partial charge in [0.25, 0.3) is 0 Å². The summed E-state index contributed by atoms with van der Waals surface area (Å²) in [5.41, 5.74) is 0.999. The van der Waals surface area contributed by atoms with E-state index in [0.717, 1.165) is 44.2 Å².